The Bertz CT molecular complexity index is 1630. The van der Waals surface area contributed by atoms with Crippen LogP contribution in [0.15, 0.2) is 53.1 Å². The number of hydrogen-bond donors (Lipinski definition) is 0. The highest BCUT2D eigenvalue weighted by Crippen LogP contribution is 2.77. The van der Waals surface area contributed by atoms with Crippen molar-refractivity contribution < 1.29 is 18.8 Å². The topological polar surface area (TPSA) is 69.4 Å². The summed E-state index contributed by atoms with van der Waals surface area (Å²) in [6.45, 7) is 22.2. The van der Waals surface area contributed by atoms with Crippen molar-refractivity contribution in [1.82, 2.24) is 5.16 Å². The molecule has 5 aliphatic rings. The minimum absolute atomic E-state index is 0.0292. The molecule has 4 fully saturated rings. The molecule has 5 nitrogen and oxygen atoms in total. The van der Waals surface area contributed by atoms with E-state index in [9.17, 15) is 9.59 Å². The highest BCUT2D eigenvalue weighted by atomic mass is 16.5. The maximum Gasteiger partial charge on any atom is 0.338 e. The number of hydrogen-bond acceptors (Lipinski definition) is 5. The molecule has 1 aromatic heterocycles. The van der Waals surface area contributed by atoms with Crippen LogP contribution in [0.5, 0.6) is 0 Å². The maximum atomic E-state index is 13.2. The first-order valence-corrected chi connectivity index (χ1v) is 18.8. The van der Waals surface area contributed by atoms with Crippen LogP contribution in [0.25, 0.3) is 5.57 Å². The number of fused-ring (bicyclic) bond motifs is 7. The molecule has 5 aliphatic carbocycles. The normalized spacial score (nSPS) is 39.6. The quantitative estimate of drug-likeness (QED) is 0.169. The van der Waals surface area contributed by atoms with Gasteiger partial charge in [0, 0.05) is 11.0 Å². The van der Waals surface area contributed by atoms with Crippen LogP contribution >= 0.6 is 0 Å². The van der Waals surface area contributed by atoms with E-state index in [1.54, 1.807) is 0 Å². The summed E-state index contributed by atoms with van der Waals surface area (Å²) in [7, 11) is 0. The minimum atomic E-state index is -0.191. The summed E-state index contributed by atoms with van der Waals surface area (Å²) in [5, 5.41) is 4.17. The third-order valence-corrected chi connectivity index (χ3v) is 15.8. The fourth-order valence-corrected chi connectivity index (χ4v) is 13.4. The van der Waals surface area contributed by atoms with Gasteiger partial charge in [-0.05, 0) is 140 Å². The molecule has 9 atom stereocenters. The number of allylic oxidation sites excluding steroid dienone is 3. The van der Waals surface area contributed by atoms with Crippen LogP contribution in [0.1, 0.15) is 138 Å². The molecule has 0 radical (unpaired) electrons. The Morgan fingerprint density at radius 3 is 2.42 bits per heavy atom. The zero-order chi connectivity index (χ0) is 34.3. The summed E-state index contributed by atoms with van der Waals surface area (Å²) in [5.74, 6) is 3.37. The molecule has 0 aliphatic heterocycles. The zero-order valence-corrected chi connectivity index (χ0v) is 30.5. The molecule has 48 heavy (non-hydrogen) atoms. The Morgan fingerprint density at radius 1 is 0.979 bits per heavy atom. The van der Waals surface area contributed by atoms with Gasteiger partial charge in [0.15, 0.2) is 12.0 Å². The highest BCUT2D eigenvalue weighted by Gasteiger charge is 2.70. The van der Waals surface area contributed by atoms with Crippen molar-refractivity contribution in [2.75, 3.05) is 6.61 Å². The third kappa shape index (κ3) is 4.57. The van der Waals surface area contributed by atoms with E-state index < -0.39 is 0 Å². The fourth-order valence-electron chi connectivity index (χ4n) is 13.4. The molecule has 0 amide bonds. The number of carbonyl (C=O) groups is 2. The van der Waals surface area contributed by atoms with Crippen molar-refractivity contribution in [2.24, 2.45) is 56.7 Å². The Balaban J connectivity index is 1.21. The Morgan fingerprint density at radius 2 is 1.73 bits per heavy atom. The van der Waals surface area contributed by atoms with Gasteiger partial charge < -0.3 is 9.26 Å². The number of aromatic nitrogens is 1. The van der Waals surface area contributed by atoms with Gasteiger partial charge in [0.2, 0.25) is 0 Å². The predicted octanol–water partition coefficient (Wildman–Crippen LogP) is 10.6. The van der Waals surface area contributed by atoms with Gasteiger partial charge in [-0.25, -0.2) is 4.79 Å². The van der Waals surface area contributed by atoms with Crippen molar-refractivity contribution in [3.05, 3.63) is 71.1 Å². The molecule has 258 valence electrons. The van der Waals surface area contributed by atoms with Crippen LogP contribution in [0.2, 0.25) is 0 Å². The molecule has 2 aromatic rings. The summed E-state index contributed by atoms with van der Waals surface area (Å²) in [5.41, 5.74) is 5.16. The molecule has 0 saturated heterocycles. The smallest absolute Gasteiger partial charge is 0.338 e. The van der Waals surface area contributed by atoms with Gasteiger partial charge in [-0.3, -0.25) is 4.79 Å². The number of ether oxygens (including phenoxy) is 1. The lowest BCUT2D eigenvalue weighted by atomic mass is 9.32. The monoisotopic (exact) mass is 651 g/mol. The van der Waals surface area contributed by atoms with Crippen LogP contribution in [-0.4, -0.2) is 24.0 Å². The second-order valence-electron chi connectivity index (χ2n) is 17.9. The van der Waals surface area contributed by atoms with Crippen molar-refractivity contribution in [2.45, 2.75) is 113 Å². The standard InChI is InChI=1S/C43H57NO4/c1-9-29-33(25-45)44-48-37(29)32-18-20-40(6)34(39(32,4)5)19-21-42(8)35(40)16-15-31-36-30(27(2)3)17-22-43(36,24-23-41(31,42)7)26-47-38(46)28-13-11-10-12-14-28/h10-14,18,25,30-31,34-36H,2,9,15-17,19-24,26H2,1,3-8H3/t30-,31+,34-,35+,36+,40-,41+,42+,43+/m0/s1. The summed E-state index contributed by atoms with van der Waals surface area (Å²) in [6, 6.07) is 9.49. The van der Waals surface area contributed by atoms with Crippen LogP contribution in [0.4, 0.5) is 0 Å². The van der Waals surface area contributed by atoms with Crippen molar-refractivity contribution in [3.8, 4) is 0 Å². The molecule has 1 aromatic carbocycles. The van der Waals surface area contributed by atoms with Crippen molar-refractivity contribution in [1.29, 1.82) is 0 Å². The van der Waals surface area contributed by atoms with Crippen LogP contribution in [-0.2, 0) is 11.2 Å². The third-order valence-electron chi connectivity index (χ3n) is 15.8. The Labute approximate surface area is 288 Å². The van der Waals surface area contributed by atoms with E-state index in [0.29, 0.717) is 47.5 Å². The zero-order valence-electron chi connectivity index (χ0n) is 30.5. The molecule has 5 heteroatoms. The number of rotatable bonds is 7. The van der Waals surface area contributed by atoms with E-state index in [1.807, 2.05) is 30.3 Å². The van der Waals surface area contributed by atoms with Crippen molar-refractivity contribution >= 4 is 17.8 Å². The average Bonchev–Trinajstić information content (AvgIpc) is 3.66. The van der Waals surface area contributed by atoms with E-state index in [-0.39, 0.29) is 33.0 Å². The van der Waals surface area contributed by atoms with Crippen LogP contribution < -0.4 is 0 Å². The van der Waals surface area contributed by atoms with E-state index in [1.165, 1.54) is 43.3 Å². The molecule has 0 bridgehead atoms. The summed E-state index contributed by atoms with van der Waals surface area (Å²) in [6.07, 6.45) is 14.6. The second kappa shape index (κ2) is 11.6. The average molecular weight is 652 g/mol. The molecule has 0 N–H and O–H groups in total. The first-order chi connectivity index (χ1) is 22.8. The lowest BCUT2D eigenvalue weighted by Crippen LogP contribution is -2.65. The second-order valence-corrected chi connectivity index (χ2v) is 17.9. The minimum Gasteiger partial charge on any atom is -0.461 e. The van der Waals surface area contributed by atoms with E-state index in [0.717, 1.165) is 49.7 Å². The molecule has 0 unspecified atom stereocenters. The number of nitrogens with zero attached hydrogens (tertiary/aromatic N) is 1. The largest absolute Gasteiger partial charge is 0.461 e. The van der Waals surface area contributed by atoms with Gasteiger partial charge in [0.25, 0.3) is 0 Å². The number of esters is 1. The van der Waals surface area contributed by atoms with Gasteiger partial charge in [0.1, 0.15) is 5.69 Å². The summed E-state index contributed by atoms with van der Waals surface area (Å²) in [4.78, 5) is 25.0. The predicted molar refractivity (Wildman–Crippen MR) is 190 cm³/mol. The van der Waals surface area contributed by atoms with Crippen LogP contribution in [0, 0.1) is 56.7 Å². The SMILES string of the molecule is C=C(C)[C@@H]1CC[C@]2(COC(=O)c3ccccc3)CC[C@]3(C)[C@H](CC[C@@H]4[C@@]5(C)CC=C(c6onc(C=O)c6CC)C(C)(C)[C@@H]5CC[C@]43C)[C@@H]12. The molecular weight excluding hydrogens is 594 g/mol. The van der Waals surface area contributed by atoms with Gasteiger partial charge >= 0.3 is 5.97 Å². The summed E-state index contributed by atoms with van der Waals surface area (Å²) >= 11 is 0. The van der Waals surface area contributed by atoms with E-state index >= 15 is 0 Å². The highest BCUT2D eigenvalue weighted by molar-refractivity contribution is 5.89. The Kier molecular flexibility index (Phi) is 8.08. The molecular formula is C43H57NO4. The first-order valence-electron chi connectivity index (χ1n) is 18.8. The molecule has 0 spiro atoms. The fraction of sp³-hybridized carbons (Fsp3) is 0.651. The molecule has 4 saturated carbocycles. The lowest BCUT2D eigenvalue weighted by molar-refractivity contribution is -0.228. The number of aldehydes is 1. The summed E-state index contributed by atoms with van der Waals surface area (Å²) < 4.78 is 12.1. The molecule has 7 rings (SSSR count). The van der Waals surface area contributed by atoms with Crippen molar-refractivity contribution in [3.63, 3.8) is 0 Å². The van der Waals surface area contributed by atoms with E-state index in [4.69, 9.17) is 9.26 Å². The van der Waals surface area contributed by atoms with Gasteiger partial charge in [-0.15, -0.1) is 0 Å². The maximum absolute atomic E-state index is 13.2. The first kappa shape index (κ1) is 33.5. The van der Waals surface area contributed by atoms with Gasteiger partial charge in [-0.2, -0.15) is 0 Å². The Hall–Kier alpha value is -2.95. The lowest BCUT2D eigenvalue weighted by Gasteiger charge is -2.72. The number of benzene rings is 1. The van der Waals surface area contributed by atoms with Gasteiger partial charge in [-0.1, -0.05) is 83.1 Å². The van der Waals surface area contributed by atoms with E-state index in [2.05, 4.69) is 66.3 Å². The number of carbonyl (C=O) groups excluding carboxylic acids is 2. The van der Waals surface area contributed by atoms with Gasteiger partial charge in [0.05, 0.1) is 12.2 Å². The molecule has 1 heterocycles. The van der Waals surface area contributed by atoms with Crippen LogP contribution in [0.3, 0.4) is 0 Å².